The van der Waals surface area contributed by atoms with Crippen LogP contribution in [-0.2, 0) is 17.1 Å². The fraction of sp³-hybridized carbons (Fsp3) is 0.545. The summed E-state index contributed by atoms with van der Waals surface area (Å²) < 4.78 is 0. The van der Waals surface area contributed by atoms with Crippen LogP contribution in [0.1, 0.15) is 0 Å². The molecule has 20 heavy (non-hydrogen) atoms. The minimum atomic E-state index is 0. The third-order valence-electron chi connectivity index (χ3n) is 1.65. The van der Waals surface area contributed by atoms with Crippen LogP contribution >= 0.6 is 0 Å². The monoisotopic (exact) mass is 315 g/mol. The van der Waals surface area contributed by atoms with Crippen LogP contribution in [0.2, 0.25) is 0 Å². The molecule has 0 amide bonds. The first-order chi connectivity index (χ1) is 9.43. The van der Waals surface area contributed by atoms with Crippen molar-refractivity contribution in [2.24, 2.45) is 5.73 Å². The van der Waals surface area contributed by atoms with Gasteiger partial charge in [-0.1, -0.05) is 0 Å². The van der Waals surface area contributed by atoms with Crippen LogP contribution in [0, 0.1) is 59.2 Å². The largest absolute Gasteiger partial charge is 5.00 e. The van der Waals surface area contributed by atoms with Crippen LogP contribution in [0.4, 0.5) is 0 Å². The van der Waals surface area contributed by atoms with Crippen molar-refractivity contribution in [3.63, 3.8) is 0 Å². The molecule has 0 aromatic carbocycles. The summed E-state index contributed by atoms with van der Waals surface area (Å²) in [6.45, 7) is 30.2. The number of hydrogen-bond acceptors (Lipinski definition) is 8. The molecule has 1 saturated heterocycles. The van der Waals surface area contributed by atoms with Gasteiger partial charge in [0, 0.05) is 39.3 Å². The molecule has 1 aliphatic heterocycles. The van der Waals surface area contributed by atoms with Crippen molar-refractivity contribution >= 4 is 0 Å². The zero-order chi connectivity index (χ0) is 16.5. The van der Waals surface area contributed by atoms with E-state index in [2.05, 4.69) is 10.2 Å². The number of nitrogens with one attached hydrogen (secondary N) is 1. The second-order valence-corrected chi connectivity index (χ2v) is 2.38. The molecule has 0 aromatic rings. The molecule has 0 spiro atoms. The van der Waals surface area contributed by atoms with Crippen molar-refractivity contribution in [3.05, 3.63) is 32.9 Å². The van der Waals surface area contributed by atoms with E-state index in [1.54, 1.807) is 0 Å². The first-order valence-electron chi connectivity index (χ1n) is 4.68. The number of hydrogen-bond donors (Lipinski definition) is 2. The Morgan fingerprint density at radius 2 is 1.10 bits per heavy atom. The summed E-state index contributed by atoms with van der Waals surface area (Å²) >= 11 is 0. The molecule has 1 rings (SSSR count). The van der Waals surface area contributed by atoms with E-state index in [0.717, 1.165) is 39.3 Å². The van der Waals surface area contributed by atoms with Gasteiger partial charge in [0.2, 0.25) is 0 Å². The minimum absolute atomic E-state index is 0. The Hall–Kier alpha value is -2.15. The maximum absolute atomic E-state index is 6.25. The van der Waals surface area contributed by atoms with Gasteiger partial charge >= 0.3 is 17.1 Å². The molecule has 0 unspecified atom stereocenters. The predicted molar refractivity (Wildman–Crippen MR) is 63.2 cm³/mol. The molecule has 1 aliphatic rings. The van der Waals surface area contributed by atoms with Crippen LogP contribution in [0.25, 0.3) is 0 Å². The maximum atomic E-state index is 6.25. The minimum Gasteiger partial charge on any atom is -0.512 e. The van der Waals surface area contributed by atoms with Crippen molar-refractivity contribution < 1.29 is 17.1 Å². The van der Waals surface area contributed by atoms with Gasteiger partial charge in [0.1, 0.15) is 0 Å². The van der Waals surface area contributed by atoms with E-state index in [-0.39, 0.29) is 17.1 Å². The van der Waals surface area contributed by atoms with Gasteiger partial charge in [-0.05, 0) is 0 Å². The molecule has 0 saturated carbocycles. The Kier molecular flexibility index (Phi) is 124. The zero-order valence-corrected chi connectivity index (χ0v) is 12.0. The van der Waals surface area contributed by atoms with Crippen molar-refractivity contribution in [1.29, 1.82) is 26.3 Å². The molecule has 0 aliphatic carbocycles. The number of nitrogens with zero attached hydrogens (tertiary/aromatic N) is 6. The van der Waals surface area contributed by atoms with Gasteiger partial charge in [0.25, 0.3) is 0 Å². The first kappa shape index (κ1) is 36.1. The van der Waals surface area contributed by atoms with Crippen molar-refractivity contribution in [2.75, 3.05) is 39.3 Å². The van der Waals surface area contributed by atoms with E-state index in [1.807, 2.05) is 0 Å². The number of piperazine rings is 1. The first-order valence-corrected chi connectivity index (χ1v) is 4.68. The summed E-state index contributed by atoms with van der Waals surface area (Å²) in [6, 6.07) is 0. The van der Waals surface area contributed by atoms with E-state index >= 15 is 0 Å². The third kappa shape index (κ3) is 44.6. The molecule has 0 atom stereocenters. The Morgan fingerprint density at radius 3 is 1.35 bits per heavy atom. The molecular formula is C11H15FeN8. The van der Waals surface area contributed by atoms with Crippen LogP contribution in [-0.4, -0.2) is 44.2 Å². The quantitative estimate of drug-likeness (QED) is 0.501. The van der Waals surface area contributed by atoms with E-state index in [9.17, 15) is 0 Å². The molecule has 8 nitrogen and oxygen atoms in total. The normalized spacial score (nSPS) is 10.6. The van der Waals surface area contributed by atoms with Gasteiger partial charge in [-0.15, -0.1) is 0 Å². The predicted octanol–water partition coefficient (Wildman–Crippen LogP) is -0.670. The molecule has 1 heterocycles. The van der Waals surface area contributed by atoms with Gasteiger partial charge in [-0.3, -0.25) is 4.90 Å². The van der Waals surface area contributed by atoms with Crippen molar-refractivity contribution in [1.82, 2.24) is 10.2 Å². The molecule has 107 valence electrons. The Bertz CT molecular complexity index is 189. The Balaban J connectivity index is -0.0000000384. The third-order valence-corrected chi connectivity index (χ3v) is 1.65. The van der Waals surface area contributed by atoms with Gasteiger partial charge in [-0.25, -0.2) is 0 Å². The van der Waals surface area contributed by atoms with E-state index in [0.29, 0.717) is 0 Å². The fourth-order valence-electron chi connectivity index (χ4n) is 1.12. The summed E-state index contributed by atoms with van der Waals surface area (Å²) in [5.41, 5.74) is 5.40. The molecule has 1 fully saturated rings. The molecular weight excluding hydrogens is 300 g/mol. The molecule has 3 N–H and O–H groups in total. The second-order valence-electron chi connectivity index (χ2n) is 2.38. The summed E-state index contributed by atoms with van der Waals surface area (Å²) in [5, 5.41) is 34.5. The van der Waals surface area contributed by atoms with Gasteiger partial charge < -0.3 is 70.2 Å². The van der Waals surface area contributed by atoms with Crippen molar-refractivity contribution in [2.45, 2.75) is 0 Å². The van der Waals surface area contributed by atoms with Crippen LogP contribution in [0.3, 0.4) is 0 Å². The smallest absolute Gasteiger partial charge is 0.512 e. The van der Waals surface area contributed by atoms with Gasteiger partial charge in [-0.2, -0.15) is 0 Å². The van der Waals surface area contributed by atoms with E-state index in [4.69, 9.17) is 64.9 Å². The Morgan fingerprint density at radius 1 is 0.800 bits per heavy atom. The second kappa shape index (κ2) is 68.7. The molecule has 9 heteroatoms. The zero-order valence-electron chi connectivity index (χ0n) is 10.9. The van der Waals surface area contributed by atoms with E-state index < -0.39 is 0 Å². The summed E-state index contributed by atoms with van der Waals surface area (Å²) in [6.07, 6.45) is 0. The van der Waals surface area contributed by atoms with Crippen LogP contribution < -0.4 is 11.1 Å². The number of nitrogens with two attached hydrogens (primary N) is 1. The molecule has 0 bridgehead atoms. The summed E-state index contributed by atoms with van der Waals surface area (Å²) in [5.74, 6) is 0. The summed E-state index contributed by atoms with van der Waals surface area (Å²) in [4.78, 5) is 2.39. The molecule has 0 aromatic heterocycles. The standard InChI is InChI=1S/C6H15N3.5CN.Fe/c7-1-4-9-5-2-8-3-6-9;5*1-2;/h8H,1-7H2;;;;;;/q;5*-1;+5. The maximum Gasteiger partial charge on any atom is 5.00 e. The van der Waals surface area contributed by atoms with Gasteiger partial charge in [0.15, 0.2) is 0 Å². The van der Waals surface area contributed by atoms with Crippen LogP contribution in [0.5, 0.6) is 0 Å². The Labute approximate surface area is 132 Å². The van der Waals surface area contributed by atoms with Crippen LogP contribution in [0.15, 0.2) is 0 Å². The molecule has 1 radical (unpaired) electrons. The average molecular weight is 315 g/mol. The fourth-order valence-corrected chi connectivity index (χ4v) is 1.12. The SMILES string of the molecule is NCCN1CCNCC1.[C-]#N.[C-]#N.[C-]#N.[C-]#N.[C-]#N.[Fe+5]. The summed E-state index contributed by atoms with van der Waals surface area (Å²) in [7, 11) is 0. The number of rotatable bonds is 2. The average Bonchev–Trinajstić information content (AvgIpc) is 2.58. The van der Waals surface area contributed by atoms with E-state index in [1.165, 1.54) is 0 Å². The van der Waals surface area contributed by atoms with Gasteiger partial charge in [0.05, 0.1) is 0 Å². The topological polar surface area (TPSA) is 160 Å². The van der Waals surface area contributed by atoms with Crippen molar-refractivity contribution in [3.8, 4) is 0 Å².